The Balaban J connectivity index is 1.63. The van der Waals surface area contributed by atoms with Crippen molar-refractivity contribution in [3.63, 3.8) is 0 Å². The number of β-amino-alcohol motifs (C(OH)–C–C–N with tert-alkyl or cyclic N) is 1. The highest BCUT2D eigenvalue weighted by molar-refractivity contribution is 5.94. The Bertz CT molecular complexity index is 761. The molecule has 0 aromatic heterocycles. The van der Waals surface area contributed by atoms with Gasteiger partial charge in [0.25, 0.3) is 5.91 Å². The number of amides is 1. The molecule has 1 N–H and O–H groups in total. The minimum absolute atomic E-state index is 0.106. The third-order valence-electron chi connectivity index (χ3n) is 4.53. The van der Waals surface area contributed by atoms with Crippen molar-refractivity contribution in [1.29, 1.82) is 0 Å². The van der Waals surface area contributed by atoms with Gasteiger partial charge in [-0.05, 0) is 43.2 Å². The number of carbonyl (C=O) groups excluding carboxylic acids is 1. The van der Waals surface area contributed by atoms with Crippen LogP contribution in [-0.4, -0.2) is 48.3 Å². The lowest BCUT2D eigenvalue weighted by Crippen LogP contribution is -2.40. The number of hydrogen-bond donors (Lipinski definition) is 1. The molecule has 1 heterocycles. The summed E-state index contributed by atoms with van der Waals surface area (Å²) in [6, 6.07) is 14.7. The number of nitrogens with zero attached hydrogens (tertiary/aromatic N) is 1. The number of likely N-dealkylation sites (tertiary alicyclic amines) is 1. The summed E-state index contributed by atoms with van der Waals surface area (Å²) in [6.45, 7) is 2.89. The number of ether oxygens (including phenoxy) is 2. The van der Waals surface area contributed by atoms with Crippen LogP contribution in [0.1, 0.15) is 22.3 Å². The van der Waals surface area contributed by atoms with Crippen LogP contribution in [0.2, 0.25) is 0 Å². The van der Waals surface area contributed by atoms with Crippen LogP contribution in [0, 0.1) is 6.92 Å². The van der Waals surface area contributed by atoms with Gasteiger partial charge in [0, 0.05) is 12.1 Å². The van der Waals surface area contributed by atoms with Crippen LogP contribution in [-0.2, 0) is 0 Å². The second kappa shape index (κ2) is 7.15. The van der Waals surface area contributed by atoms with Gasteiger partial charge in [0.15, 0.2) is 0 Å². The van der Waals surface area contributed by atoms with E-state index in [9.17, 15) is 9.90 Å². The Morgan fingerprint density at radius 1 is 1.24 bits per heavy atom. The molecule has 1 amide bonds. The van der Waals surface area contributed by atoms with E-state index in [1.165, 1.54) is 0 Å². The molecule has 0 saturated carbocycles. The van der Waals surface area contributed by atoms with Crippen LogP contribution < -0.4 is 9.47 Å². The van der Waals surface area contributed by atoms with E-state index < -0.39 is 5.60 Å². The molecule has 1 atom stereocenters. The van der Waals surface area contributed by atoms with Gasteiger partial charge in [-0.1, -0.05) is 24.3 Å². The molecule has 25 heavy (non-hydrogen) atoms. The zero-order valence-electron chi connectivity index (χ0n) is 14.6. The standard InChI is InChI=1S/C20H23NO4/c1-15-6-3-4-9-18(15)25-14-20(23)10-11-21(13-20)19(22)16-7-5-8-17(12-16)24-2/h3-9,12,23H,10-11,13-14H2,1-2H3. The van der Waals surface area contributed by atoms with E-state index in [1.54, 1.807) is 36.3 Å². The molecule has 1 saturated heterocycles. The maximum Gasteiger partial charge on any atom is 0.254 e. The van der Waals surface area contributed by atoms with Gasteiger partial charge in [0.1, 0.15) is 23.7 Å². The second-order valence-corrected chi connectivity index (χ2v) is 6.49. The third kappa shape index (κ3) is 3.94. The fourth-order valence-electron chi connectivity index (χ4n) is 3.02. The summed E-state index contributed by atoms with van der Waals surface area (Å²) >= 11 is 0. The molecule has 0 spiro atoms. The molecule has 132 valence electrons. The van der Waals surface area contributed by atoms with Crippen molar-refractivity contribution in [2.24, 2.45) is 0 Å². The average molecular weight is 341 g/mol. The van der Waals surface area contributed by atoms with E-state index in [-0.39, 0.29) is 19.1 Å². The number of carbonyl (C=O) groups is 1. The number of aryl methyl sites for hydroxylation is 1. The van der Waals surface area contributed by atoms with E-state index >= 15 is 0 Å². The van der Waals surface area contributed by atoms with E-state index in [4.69, 9.17) is 9.47 Å². The SMILES string of the molecule is COc1cccc(C(=O)N2CCC(O)(COc3ccccc3C)C2)c1. The van der Waals surface area contributed by atoms with E-state index in [1.807, 2.05) is 31.2 Å². The fraction of sp³-hybridized carbons (Fsp3) is 0.350. The third-order valence-corrected chi connectivity index (χ3v) is 4.53. The quantitative estimate of drug-likeness (QED) is 0.908. The molecule has 5 nitrogen and oxygen atoms in total. The molecule has 0 radical (unpaired) electrons. The van der Waals surface area contributed by atoms with Crippen LogP contribution in [0.3, 0.4) is 0 Å². The predicted molar refractivity (Wildman–Crippen MR) is 95.1 cm³/mol. The first-order valence-electron chi connectivity index (χ1n) is 8.35. The Morgan fingerprint density at radius 3 is 2.80 bits per heavy atom. The summed E-state index contributed by atoms with van der Waals surface area (Å²) in [4.78, 5) is 14.3. The lowest BCUT2D eigenvalue weighted by Gasteiger charge is -2.24. The monoisotopic (exact) mass is 341 g/mol. The molecule has 2 aromatic carbocycles. The molecule has 5 heteroatoms. The first-order chi connectivity index (χ1) is 12.0. The maximum atomic E-state index is 12.6. The molecule has 1 aliphatic rings. The Hall–Kier alpha value is -2.53. The molecular weight excluding hydrogens is 318 g/mol. The van der Waals surface area contributed by atoms with Crippen LogP contribution in [0.25, 0.3) is 0 Å². The molecule has 0 bridgehead atoms. The number of aliphatic hydroxyl groups is 1. The lowest BCUT2D eigenvalue weighted by atomic mass is 10.1. The topological polar surface area (TPSA) is 59.0 Å². The van der Waals surface area contributed by atoms with Gasteiger partial charge in [0.2, 0.25) is 0 Å². The first kappa shape index (κ1) is 17.3. The van der Waals surface area contributed by atoms with Crippen molar-refractivity contribution in [1.82, 2.24) is 4.90 Å². The predicted octanol–water partition coefficient (Wildman–Crippen LogP) is 2.66. The molecule has 3 rings (SSSR count). The smallest absolute Gasteiger partial charge is 0.254 e. The Labute approximate surface area is 147 Å². The van der Waals surface area contributed by atoms with Gasteiger partial charge in [-0.15, -0.1) is 0 Å². The summed E-state index contributed by atoms with van der Waals surface area (Å²) in [5.41, 5.74) is 0.549. The summed E-state index contributed by atoms with van der Waals surface area (Å²) in [6.07, 6.45) is 0.495. The van der Waals surface area contributed by atoms with Crippen LogP contribution >= 0.6 is 0 Å². The molecule has 1 aliphatic heterocycles. The van der Waals surface area contributed by atoms with Crippen molar-refractivity contribution in [2.75, 3.05) is 26.8 Å². The number of benzene rings is 2. The van der Waals surface area contributed by atoms with E-state index in [0.29, 0.717) is 24.3 Å². The van der Waals surface area contributed by atoms with E-state index in [0.717, 1.165) is 11.3 Å². The van der Waals surface area contributed by atoms with Crippen molar-refractivity contribution in [3.8, 4) is 11.5 Å². The minimum Gasteiger partial charge on any atom is -0.497 e. The van der Waals surface area contributed by atoms with Gasteiger partial charge in [0.05, 0.1) is 13.7 Å². The lowest BCUT2D eigenvalue weighted by molar-refractivity contribution is 0.00413. The van der Waals surface area contributed by atoms with Crippen molar-refractivity contribution < 1.29 is 19.4 Å². The van der Waals surface area contributed by atoms with Crippen molar-refractivity contribution in [2.45, 2.75) is 18.9 Å². The average Bonchev–Trinajstić information content (AvgIpc) is 3.03. The van der Waals surface area contributed by atoms with Gasteiger partial charge in [-0.2, -0.15) is 0 Å². The fourth-order valence-corrected chi connectivity index (χ4v) is 3.02. The zero-order valence-corrected chi connectivity index (χ0v) is 14.6. The van der Waals surface area contributed by atoms with Gasteiger partial charge < -0.3 is 19.5 Å². The Morgan fingerprint density at radius 2 is 2.04 bits per heavy atom. The highest BCUT2D eigenvalue weighted by Crippen LogP contribution is 2.26. The number of methoxy groups -OCH3 is 1. The highest BCUT2D eigenvalue weighted by Gasteiger charge is 2.39. The largest absolute Gasteiger partial charge is 0.497 e. The van der Waals surface area contributed by atoms with E-state index in [2.05, 4.69) is 0 Å². The molecule has 1 fully saturated rings. The highest BCUT2D eigenvalue weighted by atomic mass is 16.5. The van der Waals surface area contributed by atoms with Crippen molar-refractivity contribution in [3.05, 3.63) is 59.7 Å². The van der Waals surface area contributed by atoms with Crippen molar-refractivity contribution >= 4 is 5.91 Å². The minimum atomic E-state index is -1.03. The Kier molecular flexibility index (Phi) is 4.95. The van der Waals surface area contributed by atoms with Gasteiger partial charge in [-0.3, -0.25) is 4.79 Å². The molecule has 0 aliphatic carbocycles. The molecular formula is C20H23NO4. The van der Waals surface area contributed by atoms with Gasteiger partial charge >= 0.3 is 0 Å². The van der Waals surface area contributed by atoms with Crippen LogP contribution in [0.15, 0.2) is 48.5 Å². The second-order valence-electron chi connectivity index (χ2n) is 6.49. The number of rotatable bonds is 5. The normalized spacial score (nSPS) is 19.7. The summed E-state index contributed by atoms with van der Waals surface area (Å²) in [5.74, 6) is 1.29. The number of para-hydroxylation sites is 1. The molecule has 2 aromatic rings. The van der Waals surface area contributed by atoms with Crippen LogP contribution in [0.4, 0.5) is 0 Å². The summed E-state index contributed by atoms with van der Waals surface area (Å²) in [7, 11) is 1.57. The first-order valence-corrected chi connectivity index (χ1v) is 8.35. The number of hydrogen-bond acceptors (Lipinski definition) is 4. The van der Waals surface area contributed by atoms with Gasteiger partial charge in [-0.25, -0.2) is 0 Å². The maximum absolute atomic E-state index is 12.6. The summed E-state index contributed by atoms with van der Waals surface area (Å²) in [5, 5.41) is 10.8. The van der Waals surface area contributed by atoms with Crippen LogP contribution in [0.5, 0.6) is 11.5 Å². The summed E-state index contributed by atoms with van der Waals surface area (Å²) < 4.78 is 11.0. The molecule has 1 unspecified atom stereocenters. The zero-order chi connectivity index (χ0) is 17.9.